The van der Waals surface area contributed by atoms with Crippen molar-refractivity contribution in [3.63, 3.8) is 0 Å². The van der Waals surface area contributed by atoms with E-state index in [0.29, 0.717) is 20.1 Å². The highest BCUT2D eigenvalue weighted by Gasteiger charge is 2.39. The summed E-state index contributed by atoms with van der Waals surface area (Å²) in [7, 11) is 1.58. The van der Waals surface area contributed by atoms with E-state index in [1.54, 1.807) is 49.7 Å². The Morgan fingerprint density at radius 3 is 1.96 bits per heavy atom. The predicted octanol–water partition coefficient (Wildman–Crippen LogP) is 11.1. The Labute approximate surface area is 297 Å². The number of aliphatic hydroxyl groups is 2. The van der Waals surface area contributed by atoms with E-state index in [4.69, 9.17) is 51.1 Å². The van der Waals surface area contributed by atoms with Crippen LogP contribution >= 0.6 is 69.9 Å². The summed E-state index contributed by atoms with van der Waals surface area (Å²) in [6, 6.07) is 27.4. The van der Waals surface area contributed by atoms with Crippen molar-refractivity contribution in [3.8, 4) is 0 Å². The zero-order valence-electron chi connectivity index (χ0n) is 24.8. The summed E-state index contributed by atoms with van der Waals surface area (Å²) in [6.07, 6.45) is 3.41. The van der Waals surface area contributed by atoms with Gasteiger partial charge in [0.05, 0.1) is 38.4 Å². The van der Waals surface area contributed by atoms with Crippen molar-refractivity contribution in [1.29, 1.82) is 0 Å². The highest BCUT2D eigenvalue weighted by atomic mass is 35.5. The second-order valence-corrected chi connectivity index (χ2v) is 15.0. The molecule has 4 aromatic rings. The molecule has 2 N–H and O–H groups in total. The number of rotatable bonds is 8. The Morgan fingerprint density at radius 2 is 1.33 bits per heavy atom. The zero-order valence-corrected chi connectivity index (χ0v) is 29.5. The Balaban J connectivity index is 1.41. The van der Waals surface area contributed by atoms with E-state index in [0.717, 1.165) is 47.4 Å². The van der Waals surface area contributed by atoms with E-state index >= 15 is 0 Å². The summed E-state index contributed by atoms with van der Waals surface area (Å²) in [5.74, 6) is -0.764. The number of hydrogen-bond donors (Lipinski definition) is 2. The molecule has 46 heavy (non-hydrogen) atoms. The summed E-state index contributed by atoms with van der Waals surface area (Å²) in [5.41, 5.74) is 4.76. The third-order valence-electron chi connectivity index (χ3n) is 8.25. The fourth-order valence-electron chi connectivity index (χ4n) is 6.05. The molecule has 0 spiro atoms. The second-order valence-electron chi connectivity index (χ2n) is 11.2. The van der Waals surface area contributed by atoms with Crippen LogP contribution in [0.4, 0.5) is 0 Å². The number of ether oxygens (including phenoxy) is 1. The van der Waals surface area contributed by atoms with Gasteiger partial charge < -0.3 is 14.9 Å². The lowest BCUT2D eigenvalue weighted by Crippen LogP contribution is -2.43. The maximum absolute atomic E-state index is 11.9. The van der Waals surface area contributed by atoms with E-state index in [1.165, 1.54) is 0 Å². The van der Waals surface area contributed by atoms with Gasteiger partial charge in [-0.05, 0) is 83.3 Å². The van der Waals surface area contributed by atoms with E-state index in [9.17, 15) is 10.2 Å². The Morgan fingerprint density at radius 1 is 0.739 bits per heavy atom. The average molecular weight is 729 g/mol. The van der Waals surface area contributed by atoms with Crippen molar-refractivity contribution >= 4 is 85.3 Å². The van der Waals surface area contributed by atoms with Crippen LogP contribution in [-0.4, -0.2) is 35.6 Å². The molecule has 0 bridgehead atoms. The van der Waals surface area contributed by atoms with E-state index < -0.39 is 24.2 Å². The summed E-state index contributed by atoms with van der Waals surface area (Å²) < 4.78 is 6.06. The summed E-state index contributed by atoms with van der Waals surface area (Å²) >= 11 is 28.5. The number of aliphatic hydroxyl groups excluding tert-OH is 2. The number of hydrogen-bond acceptors (Lipinski definition) is 5. The molecule has 2 aliphatic rings. The quantitative estimate of drug-likeness (QED) is 0.189. The first kappa shape index (κ1) is 33.7. The molecule has 0 saturated heterocycles. The van der Waals surface area contributed by atoms with Crippen molar-refractivity contribution in [2.24, 2.45) is 5.92 Å². The lowest BCUT2D eigenvalue weighted by Gasteiger charge is -2.38. The van der Waals surface area contributed by atoms with Crippen LogP contribution in [0.1, 0.15) is 35.1 Å². The fraction of sp³-hybridized carbons (Fsp3) is 0.189. The number of fused-ring (bicyclic) bond motifs is 2. The third-order valence-corrected chi connectivity index (χ3v) is 12.1. The van der Waals surface area contributed by atoms with Gasteiger partial charge in [-0.25, -0.2) is 0 Å². The molecule has 9 heteroatoms. The van der Waals surface area contributed by atoms with Crippen molar-refractivity contribution in [2.45, 2.75) is 40.9 Å². The fourth-order valence-corrected chi connectivity index (χ4v) is 8.92. The third kappa shape index (κ3) is 7.00. The van der Waals surface area contributed by atoms with Crippen LogP contribution in [-0.2, 0) is 4.74 Å². The molecule has 0 amide bonds. The minimum Gasteiger partial charge on any atom is -0.393 e. The molecule has 4 aromatic carbocycles. The van der Waals surface area contributed by atoms with Crippen LogP contribution in [0, 0.1) is 5.92 Å². The Hall–Kier alpha value is -2.16. The molecular weight excluding hydrogens is 698 g/mol. The summed E-state index contributed by atoms with van der Waals surface area (Å²) in [6.45, 7) is 1.75. The first-order valence-electron chi connectivity index (χ1n) is 14.6. The molecule has 0 aromatic heterocycles. The number of allylic oxidation sites excluding steroid dienone is 3. The van der Waals surface area contributed by atoms with Crippen LogP contribution in [0.2, 0.25) is 20.1 Å². The largest absolute Gasteiger partial charge is 0.393 e. The number of methoxy groups -OCH3 is 1. The number of thioether (sulfide) groups is 2. The first-order chi connectivity index (χ1) is 22.1. The normalized spacial score (nSPS) is 19.4. The molecule has 236 valence electrons. The van der Waals surface area contributed by atoms with Gasteiger partial charge in [-0.3, -0.25) is 0 Å². The summed E-state index contributed by atoms with van der Waals surface area (Å²) in [4.78, 5) is 4.09. The topological polar surface area (TPSA) is 49.7 Å². The molecule has 0 saturated carbocycles. The van der Waals surface area contributed by atoms with Crippen molar-refractivity contribution < 1.29 is 14.9 Å². The van der Waals surface area contributed by atoms with Crippen molar-refractivity contribution in [3.05, 3.63) is 146 Å². The monoisotopic (exact) mass is 726 g/mol. The highest BCUT2D eigenvalue weighted by Crippen LogP contribution is 2.50. The van der Waals surface area contributed by atoms with Gasteiger partial charge in [-0.2, -0.15) is 0 Å². The maximum Gasteiger partial charge on any atom is 0.0995 e. The molecule has 2 heterocycles. The van der Waals surface area contributed by atoms with Gasteiger partial charge in [0.15, 0.2) is 0 Å². The van der Waals surface area contributed by atoms with Gasteiger partial charge in [0.1, 0.15) is 0 Å². The summed E-state index contributed by atoms with van der Waals surface area (Å²) in [5, 5.41) is 25.2. The molecule has 6 rings (SSSR count). The van der Waals surface area contributed by atoms with Gasteiger partial charge in [0, 0.05) is 38.5 Å². The van der Waals surface area contributed by atoms with Gasteiger partial charge in [-0.1, -0.05) is 125 Å². The van der Waals surface area contributed by atoms with Crippen LogP contribution in [0.5, 0.6) is 0 Å². The predicted molar refractivity (Wildman–Crippen MR) is 196 cm³/mol. The van der Waals surface area contributed by atoms with E-state index in [1.807, 2.05) is 60.7 Å². The number of benzene rings is 4. The SMILES string of the molecule is COC(C(O)C=C1C=C(c2ccc(Cl)c(Cl)c2)Sc2ccccc21)C(C(C)O)C1C=C(c2ccc(Cl)c(Cl)c2)Sc2ccccc21. The average Bonchev–Trinajstić information content (AvgIpc) is 3.05. The van der Waals surface area contributed by atoms with Gasteiger partial charge in [-0.15, -0.1) is 0 Å². The molecule has 3 nitrogen and oxygen atoms in total. The number of halogens is 4. The smallest absolute Gasteiger partial charge is 0.0995 e. The lowest BCUT2D eigenvalue weighted by atomic mass is 9.76. The minimum absolute atomic E-state index is 0.267. The van der Waals surface area contributed by atoms with Crippen molar-refractivity contribution in [2.75, 3.05) is 7.11 Å². The molecule has 0 fully saturated rings. The second kappa shape index (κ2) is 14.5. The Kier molecular flexibility index (Phi) is 10.7. The molecule has 2 aliphatic heterocycles. The molecular formula is C37H30Cl4O3S2. The van der Waals surface area contributed by atoms with Gasteiger partial charge >= 0.3 is 0 Å². The molecule has 0 aliphatic carbocycles. The van der Waals surface area contributed by atoms with Crippen LogP contribution < -0.4 is 0 Å². The highest BCUT2D eigenvalue weighted by molar-refractivity contribution is 8.08. The Bertz CT molecular complexity index is 1870. The van der Waals surface area contributed by atoms with Crippen LogP contribution in [0.3, 0.4) is 0 Å². The molecule has 0 radical (unpaired) electrons. The van der Waals surface area contributed by atoms with E-state index in [2.05, 4.69) is 30.4 Å². The van der Waals surface area contributed by atoms with E-state index in [-0.39, 0.29) is 5.92 Å². The van der Waals surface area contributed by atoms with Crippen molar-refractivity contribution in [1.82, 2.24) is 0 Å². The lowest BCUT2D eigenvalue weighted by molar-refractivity contribution is -0.0644. The van der Waals surface area contributed by atoms with Gasteiger partial charge in [0.2, 0.25) is 0 Å². The van der Waals surface area contributed by atoms with Crippen LogP contribution in [0.25, 0.3) is 15.4 Å². The molecule has 5 unspecified atom stereocenters. The minimum atomic E-state index is -1.05. The maximum atomic E-state index is 11.9. The first-order valence-corrected chi connectivity index (χ1v) is 17.8. The standard InChI is InChI=1S/C37H30Cl4O3S2/c1-20(42)36(26-19-35(22-12-14-28(39)30(41)16-22)46-33-10-6-4-8-25(26)33)37(44-2)31(43)17-23-18-34(21-11-13-27(38)29(40)15-21)45-32-9-5-3-7-24(23)32/h3-20,26,31,36-37,42-43H,1-2H3. The zero-order chi connectivity index (χ0) is 32.5. The molecule has 5 atom stereocenters. The van der Waals surface area contributed by atoms with Gasteiger partial charge in [0.25, 0.3) is 0 Å². The van der Waals surface area contributed by atoms with Crippen LogP contribution in [0.15, 0.2) is 113 Å².